The molecule has 0 saturated heterocycles. The van der Waals surface area contributed by atoms with Crippen LogP contribution in [0.1, 0.15) is 52.7 Å². The van der Waals surface area contributed by atoms with Crippen molar-refractivity contribution in [1.29, 1.82) is 0 Å². The fourth-order valence-electron chi connectivity index (χ4n) is 6.09. The highest BCUT2D eigenvalue weighted by Crippen LogP contribution is 2.28. The molecule has 280 valence electrons. The number of carbonyl (C=O) groups excluding carboxylic acids is 2. The number of aromatic hydroxyl groups is 1. The molecule has 0 radical (unpaired) electrons. The molecule has 5 N–H and O–H groups in total. The molecular formula is C41H43BrF3N3O5. The topological polar surface area (TPSA) is 133 Å². The van der Waals surface area contributed by atoms with Gasteiger partial charge in [0.2, 0.25) is 5.91 Å². The molecule has 0 aromatic heterocycles. The Morgan fingerprint density at radius 3 is 2.19 bits per heavy atom. The van der Waals surface area contributed by atoms with E-state index in [4.69, 9.17) is 15.6 Å². The molecule has 2 amide bonds. The fraction of sp³-hybridized carbons (Fsp3) is 0.293. The number of rotatable bonds is 12. The smallest absolute Gasteiger partial charge is 0.490 e. The van der Waals surface area contributed by atoms with Crippen LogP contribution in [-0.2, 0) is 22.6 Å². The van der Waals surface area contributed by atoms with Crippen molar-refractivity contribution < 1.29 is 37.8 Å². The number of phenols is 1. The minimum atomic E-state index is -5.08. The summed E-state index contributed by atoms with van der Waals surface area (Å²) in [6, 6.07) is 30.8. The van der Waals surface area contributed by atoms with Gasteiger partial charge in [0.1, 0.15) is 5.75 Å². The lowest BCUT2D eigenvalue weighted by Crippen LogP contribution is -2.33. The van der Waals surface area contributed by atoms with Crippen LogP contribution in [0.25, 0.3) is 17.2 Å². The quantitative estimate of drug-likeness (QED) is 0.107. The molecule has 8 nitrogen and oxygen atoms in total. The van der Waals surface area contributed by atoms with E-state index in [9.17, 15) is 27.9 Å². The van der Waals surface area contributed by atoms with Gasteiger partial charge in [-0.25, -0.2) is 4.79 Å². The second kappa shape index (κ2) is 19.8. The number of amides is 2. The standard InChI is InChI=1S/C39H42BrN3O3.C2HF3O2/c40-36-15-10-28(11-16-36)14-19-38(45)43(21-20-29-12-17-37(44)18-13-29)27-32-6-2-7-33(23-32)34-8-3-9-35(24-34)39(46)42-26-31-5-1-4-30(22-31)25-41;3-2(4,5)1(6)7/h2-3,6-19,23-24,30-31,44H,1,4-5,20-22,25-27,41H2,(H,42,46);(H,6,7)/b19-14+;. The van der Waals surface area contributed by atoms with Gasteiger partial charge in [0.15, 0.2) is 0 Å². The maximum absolute atomic E-state index is 13.5. The first-order valence-corrected chi connectivity index (χ1v) is 18.1. The van der Waals surface area contributed by atoms with Crippen LogP contribution < -0.4 is 11.1 Å². The van der Waals surface area contributed by atoms with Crippen molar-refractivity contribution in [2.45, 2.75) is 44.8 Å². The number of carboxylic acids is 1. The van der Waals surface area contributed by atoms with Crippen molar-refractivity contribution >= 4 is 39.8 Å². The van der Waals surface area contributed by atoms with E-state index >= 15 is 0 Å². The first-order valence-electron chi connectivity index (χ1n) is 17.3. The first kappa shape index (κ1) is 40.8. The number of nitrogens with two attached hydrogens (primary N) is 1. The zero-order valence-electron chi connectivity index (χ0n) is 29.1. The Kier molecular flexibility index (Phi) is 15.2. The van der Waals surface area contributed by atoms with Crippen molar-refractivity contribution in [3.8, 4) is 16.9 Å². The minimum Gasteiger partial charge on any atom is -0.508 e. The summed E-state index contributed by atoms with van der Waals surface area (Å²) in [6.45, 7) is 2.35. The van der Waals surface area contributed by atoms with Crippen LogP contribution in [0.15, 0.2) is 108 Å². The van der Waals surface area contributed by atoms with Gasteiger partial charge in [0.25, 0.3) is 5.91 Å². The van der Waals surface area contributed by atoms with Crippen LogP contribution in [0.2, 0.25) is 0 Å². The van der Waals surface area contributed by atoms with Crippen LogP contribution in [0.5, 0.6) is 5.75 Å². The van der Waals surface area contributed by atoms with Crippen LogP contribution >= 0.6 is 15.9 Å². The van der Waals surface area contributed by atoms with Crippen LogP contribution in [0.3, 0.4) is 0 Å². The van der Waals surface area contributed by atoms with Crippen molar-refractivity contribution in [3.63, 3.8) is 0 Å². The van der Waals surface area contributed by atoms with E-state index in [1.54, 1.807) is 18.2 Å². The molecule has 4 aromatic carbocycles. The number of hydrogen-bond acceptors (Lipinski definition) is 5. The monoisotopic (exact) mass is 793 g/mol. The van der Waals surface area contributed by atoms with Gasteiger partial charge in [0.05, 0.1) is 0 Å². The van der Waals surface area contributed by atoms with Gasteiger partial charge in [-0.15, -0.1) is 0 Å². The Morgan fingerprint density at radius 2 is 1.53 bits per heavy atom. The minimum absolute atomic E-state index is 0.0589. The number of nitrogens with one attached hydrogen (secondary N) is 1. The van der Waals surface area contributed by atoms with E-state index in [1.807, 2.05) is 89.8 Å². The van der Waals surface area contributed by atoms with Gasteiger partial charge in [-0.05, 0) is 120 Å². The van der Waals surface area contributed by atoms with Crippen molar-refractivity contribution in [2.24, 2.45) is 17.6 Å². The molecule has 1 saturated carbocycles. The number of benzene rings is 4. The first-order chi connectivity index (χ1) is 25.3. The summed E-state index contributed by atoms with van der Waals surface area (Å²) in [5.74, 6) is -1.63. The Balaban J connectivity index is 0.000000815. The molecule has 1 aliphatic rings. The SMILES string of the molecule is NCC1CCCC(CNC(=O)c2cccc(-c3cccc(CN(CCc4ccc(O)cc4)C(=O)/C=C/c4ccc(Br)cc4)c3)c2)C1.O=C(O)C(F)(F)F. The van der Waals surface area contributed by atoms with E-state index in [-0.39, 0.29) is 17.6 Å². The summed E-state index contributed by atoms with van der Waals surface area (Å²) < 4.78 is 32.7. The normalized spacial score (nSPS) is 15.6. The van der Waals surface area contributed by atoms with Crippen LogP contribution in [0, 0.1) is 11.8 Å². The molecule has 0 bridgehead atoms. The number of carbonyl (C=O) groups is 3. The lowest BCUT2D eigenvalue weighted by Gasteiger charge is -2.28. The second-order valence-electron chi connectivity index (χ2n) is 13.0. The third-order valence-electron chi connectivity index (χ3n) is 8.98. The third kappa shape index (κ3) is 13.5. The molecule has 5 rings (SSSR count). The number of phenolic OH excluding ortho intramolecular Hbond substituents is 1. The zero-order valence-corrected chi connectivity index (χ0v) is 30.7. The summed E-state index contributed by atoms with van der Waals surface area (Å²) in [4.78, 5) is 37.3. The molecule has 1 fully saturated rings. The van der Waals surface area contributed by atoms with Gasteiger partial charge in [-0.1, -0.05) is 76.9 Å². The number of alkyl halides is 3. The summed E-state index contributed by atoms with van der Waals surface area (Å²) in [6.07, 6.45) is 3.61. The predicted octanol–water partition coefficient (Wildman–Crippen LogP) is 8.23. The molecule has 1 aliphatic carbocycles. The van der Waals surface area contributed by atoms with E-state index in [0.29, 0.717) is 43.5 Å². The van der Waals surface area contributed by atoms with Gasteiger partial charge in [-0.3, -0.25) is 9.59 Å². The van der Waals surface area contributed by atoms with E-state index < -0.39 is 12.1 Å². The van der Waals surface area contributed by atoms with Crippen molar-refractivity contribution in [3.05, 3.63) is 130 Å². The molecule has 0 aliphatic heterocycles. The molecule has 53 heavy (non-hydrogen) atoms. The average molecular weight is 795 g/mol. The van der Waals surface area contributed by atoms with E-state index in [2.05, 4.69) is 27.3 Å². The van der Waals surface area contributed by atoms with Crippen molar-refractivity contribution in [2.75, 3.05) is 19.6 Å². The molecule has 4 aromatic rings. The van der Waals surface area contributed by atoms with Gasteiger partial charge in [-0.2, -0.15) is 13.2 Å². The maximum Gasteiger partial charge on any atom is 0.490 e. The fourth-order valence-corrected chi connectivity index (χ4v) is 6.36. The van der Waals surface area contributed by atoms with E-state index in [1.165, 1.54) is 12.8 Å². The molecule has 12 heteroatoms. The molecule has 0 spiro atoms. The zero-order chi connectivity index (χ0) is 38.4. The average Bonchev–Trinajstić information content (AvgIpc) is 3.16. The summed E-state index contributed by atoms with van der Waals surface area (Å²) >= 11 is 3.45. The second-order valence-corrected chi connectivity index (χ2v) is 13.9. The molecule has 2 atom stereocenters. The Hall–Kier alpha value is -4.94. The predicted molar refractivity (Wildman–Crippen MR) is 203 cm³/mol. The highest BCUT2D eigenvalue weighted by atomic mass is 79.9. The third-order valence-corrected chi connectivity index (χ3v) is 9.51. The maximum atomic E-state index is 13.5. The summed E-state index contributed by atoms with van der Waals surface area (Å²) in [5, 5.41) is 20.0. The van der Waals surface area contributed by atoms with Gasteiger partial charge < -0.3 is 26.2 Å². The Morgan fingerprint density at radius 1 is 0.887 bits per heavy atom. The number of halogens is 4. The molecular weight excluding hydrogens is 751 g/mol. The lowest BCUT2D eigenvalue weighted by atomic mass is 9.81. The van der Waals surface area contributed by atoms with Crippen LogP contribution in [0.4, 0.5) is 13.2 Å². The van der Waals surface area contributed by atoms with Gasteiger partial charge in [0, 0.05) is 35.7 Å². The molecule has 0 heterocycles. The summed E-state index contributed by atoms with van der Waals surface area (Å²) in [7, 11) is 0. The number of nitrogens with zero attached hydrogens (tertiary/aromatic N) is 1. The lowest BCUT2D eigenvalue weighted by molar-refractivity contribution is -0.192. The highest BCUT2D eigenvalue weighted by Gasteiger charge is 2.38. The number of hydrogen-bond donors (Lipinski definition) is 4. The van der Waals surface area contributed by atoms with E-state index in [0.717, 1.165) is 51.7 Å². The Labute approximate surface area is 315 Å². The highest BCUT2D eigenvalue weighted by molar-refractivity contribution is 9.10. The number of carboxylic acid groups (broad SMARTS) is 1. The van der Waals surface area contributed by atoms with Gasteiger partial charge >= 0.3 is 12.1 Å². The number of aliphatic carboxylic acids is 1. The van der Waals surface area contributed by atoms with Crippen molar-refractivity contribution in [1.82, 2.24) is 10.2 Å². The Bertz CT molecular complexity index is 1850. The van der Waals surface area contributed by atoms with Crippen LogP contribution in [-0.4, -0.2) is 58.7 Å². The largest absolute Gasteiger partial charge is 0.508 e. The summed E-state index contributed by atoms with van der Waals surface area (Å²) in [5.41, 5.74) is 11.5. The molecule has 2 unspecified atom stereocenters.